The van der Waals surface area contributed by atoms with Gasteiger partial charge in [0.2, 0.25) is 17.7 Å². The number of piperidine rings is 3. The normalized spacial score (nSPS) is 20.3. The van der Waals surface area contributed by atoms with Gasteiger partial charge in [-0.15, -0.1) is 11.8 Å². The van der Waals surface area contributed by atoms with Gasteiger partial charge in [-0.05, 0) is 112 Å². The summed E-state index contributed by atoms with van der Waals surface area (Å²) >= 11 is 1.59. The van der Waals surface area contributed by atoms with Gasteiger partial charge in [-0.1, -0.05) is 31.4 Å². The molecule has 0 radical (unpaired) electrons. The number of imide groups is 2. The first kappa shape index (κ1) is 47.1. The van der Waals surface area contributed by atoms with Crippen molar-refractivity contribution in [1.29, 1.82) is 0 Å². The summed E-state index contributed by atoms with van der Waals surface area (Å²) in [4.78, 5) is 96.3. The fraction of sp³-hybridized carbons (Fsp3) is 0.520. The van der Waals surface area contributed by atoms with Crippen LogP contribution >= 0.6 is 11.8 Å². The second-order valence-corrected chi connectivity index (χ2v) is 19.3. The molecular weight excluding hydrogens is 855 g/mol. The molecule has 16 heteroatoms. The average Bonchev–Trinajstić information content (AvgIpc) is 3.61. The highest BCUT2D eigenvalue weighted by Crippen LogP contribution is 2.35. The van der Waals surface area contributed by atoms with Crippen LogP contribution in [0.1, 0.15) is 114 Å². The molecule has 2 N–H and O–H groups in total. The van der Waals surface area contributed by atoms with Gasteiger partial charge in [0.1, 0.15) is 11.9 Å². The van der Waals surface area contributed by atoms with Crippen molar-refractivity contribution in [2.45, 2.75) is 94.0 Å². The largest absolute Gasteiger partial charge is 0.357 e. The Morgan fingerprint density at radius 1 is 0.803 bits per heavy atom. The molecule has 7 heterocycles. The molecule has 66 heavy (non-hydrogen) atoms. The number of hydrogen-bond acceptors (Lipinski definition) is 12. The fourth-order valence-electron chi connectivity index (χ4n) is 9.99. The number of nitrogens with one attached hydrogen (secondary N) is 2. The topological polar surface area (TPSA) is 168 Å². The van der Waals surface area contributed by atoms with Crippen LogP contribution < -0.4 is 15.5 Å². The lowest BCUT2D eigenvalue weighted by Crippen LogP contribution is -2.54. The number of anilines is 1. The Balaban J connectivity index is 0.666. The number of unbranched alkanes of at least 4 members (excludes halogenated alkanes) is 3. The van der Waals surface area contributed by atoms with Crippen molar-refractivity contribution in [3.63, 3.8) is 0 Å². The monoisotopic (exact) mass is 917 g/mol. The van der Waals surface area contributed by atoms with Crippen LogP contribution in [0.3, 0.4) is 0 Å². The van der Waals surface area contributed by atoms with Gasteiger partial charge >= 0.3 is 0 Å². The number of fused-ring (bicyclic) bond motifs is 1. The number of carbonyl (C=O) groups excluding carboxylic acids is 6. The predicted molar refractivity (Wildman–Crippen MR) is 254 cm³/mol. The van der Waals surface area contributed by atoms with E-state index in [1.54, 1.807) is 54.6 Å². The molecule has 0 saturated carbocycles. The molecule has 8 rings (SSSR count). The third-order valence-electron chi connectivity index (χ3n) is 13.9. The summed E-state index contributed by atoms with van der Waals surface area (Å²) in [6.07, 6.45) is 19.3. The van der Waals surface area contributed by atoms with Gasteiger partial charge in [-0.3, -0.25) is 48.9 Å². The Hall–Kier alpha value is -5.45. The smallest absolute Gasteiger partial charge is 0.263 e. The van der Waals surface area contributed by atoms with Gasteiger partial charge in [0.05, 0.1) is 16.7 Å². The lowest BCUT2D eigenvalue weighted by molar-refractivity contribution is -0.136. The van der Waals surface area contributed by atoms with E-state index in [0.29, 0.717) is 35.2 Å². The quantitative estimate of drug-likeness (QED) is 0.0735. The maximum atomic E-state index is 13.4. The van der Waals surface area contributed by atoms with E-state index in [-0.39, 0.29) is 30.6 Å². The number of amides is 6. The standard InChI is InChI=1S/C50H63N9O6S/c60-44(16-12-37-9-7-22-51-34-37)52-23-3-2-8-36-18-25-58(26-19-36)48(63)38-13-15-43(53-35-38)57-27-20-39(21-28-57)56-31-29-55(30-32-56)24-4-1-5-33-66-42-11-6-10-40-46(42)50(65)59(49(40)64)41-14-17-45(61)54-47(41)62/h6-7,9-13,15-16,22,34-36,39,41H,1-5,8,14,17-21,23-33H2,(H,52,60)(H,54,61,62)/b16-12+. The zero-order valence-corrected chi connectivity index (χ0v) is 38.7. The lowest BCUT2D eigenvalue weighted by atomic mass is 9.91. The van der Waals surface area contributed by atoms with Crippen LogP contribution in [-0.2, 0) is 14.4 Å². The van der Waals surface area contributed by atoms with E-state index in [2.05, 4.69) is 30.3 Å². The van der Waals surface area contributed by atoms with E-state index in [1.807, 2.05) is 35.2 Å². The Morgan fingerprint density at radius 3 is 2.36 bits per heavy atom. The zero-order chi connectivity index (χ0) is 45.8. The number of hydrogen-bond donors (Lipinski definition) is 2. The number of piperazine rings is 1. The van der Waals surface area contributed by atoms with Crippen LogP contribution in [0.25, 0.3) is 6.08 Å². The van der Waals surface area contributed by atoms with Gasteiger partial charge in [-0.2, -0.15) is 0 Å². The lowest BCUT2D eigenvalue weighted by Gasteiger charge is -2.43. The highest BCUT2D eigenvalue weighted by Gasteiger charge is 2.45. The average molecular weight is 918 g/mol. The SMILES string of the molecule is O=C(/C=C/c1cccnc1)NCCCCC1CCN(C(=O)c2ccc(N3CCC(N4CCN(CCCCCSc5cccc6c5C(=O)N(C5CCC(=O)NC5=O)C6=O)CC4)CC3)nc2)CC1. The minimum Gasteiger partial charge on any atom is -0.357 e. The third-order valence-corrected chi connectivity index (χ3v) is 15.0. The summed E-state index contributed by atoms with van der Waals surface area (Å²) in [5, 5.41) is 5.22. The van der Waals surface area contributed by atoms with E-state index < -0.39 is 23.8 Å². The Kier molecular flexibility index (Phi) is 16.3. The van der Waals surface area contributed by atoms with Crippen LogP contribution in [0.2, 0.25) is 0 Å². The number of nitrogens with zero attached hydrogens (tertiary/aromatic N) is 7. The summed E-state index contributed by atoms with van der Waals surface area (Å²) in [6.45, 7) is 9.52. The Morgan fingerprint density at radius 2 is 1.62 bits per heavy atom. The van der Waals surface area contributed by atoms with Crippen molar-refractivity contribution >= 4 is 59.1 Å². The van der Waals surface area contributed by atoms with E-state index in [9.17, 15) is 28.8 Å². The van der Waals surface area contributed by atoms with E-state index >= 15 is 0 Å². The van der Waals surface area contributed by atoms with Crippen LogP contribution in [-0.4, -0.2) is 148 Å². The molecule has 1 atom stereocenters. The molecule has 1 unspecified atom stereocenters. The first-order valence-corrected chi connectivity index (χ1v) is 25.0. The van der Waals surface area contributed by atoms with Gasteiger partial charge in [0.15, 0.2) is 0 Å². The van der Waals surface area contributed by atoms with Crippen LogP contribution in [0.15, 0.2) is 72.0 Å². The second kappa shape index (κ2) is 22.8. The van der Waals surface area contributed by atoms with Gasteiger partial charge in [-0.25, -0.2) is 4.98 Å². The number of rotatable bonds is 18. The van der Waals surface area contributed by atoms with Gasteiger partial charge < -0.3 is 20.0 Å². The van der Waals surface area contributed by atoms with Crippen molar-refractivity contribution in [3.05, 3.63) is 89.4 Å². The molecule has 4 saturated heterocycles. The Labute approximate surface area is 392 Å². The summed E-state index contributed by atoms with van der Waals surface area (Å²) < 4.78 is 0. The second-order valence-electron chi connectivity index (χ2n) is 18.2. The minimum atomic E-state index is -0.957. The van der Waals surface area contributed by atoms with Crippen LogP contribution in [0.4, 0.5) is 5.82 Å². The molecule has 0 spiro atoms. The third kappa shape index (κ3) is 11.9. The number of benzene rings is 1. The maximum absolute atomic E-state index is 13.4. The summed E-state index contributed by atoms with van der Waals surface area (Å²) in [5.74, 6) is 0.474. The van der Waals surface area contributed by atoms with Crippen molar-refractivity contribution in [2.75, 3.05) is 76.1 Å². The maximum Gasteiger partial charge on any atom is 0.263 e. The van der Waals surface area contributed by atoms with Gasteiger partial charge in [0, 0.05) is 101 Å². The van der Waals surface area contributed by atoms with E-state index in [0.717, 1.165) is 150 Å². The number of likely N-dealkylation sites (tertiary alicyclic amines) is 1. The molecule has 3 aromatic rings. The van der Waals surface area contributed by atoms with Crippen molar-refractivity contribution in [1.82, 2.24) is 40.2 Å². The first-order valence-electron chi connectivity index (χ1n) is 24.0. The van der Waals surface area contributed by atoms with E-state index in [4.69, 9.17) is 4.98 Å². The molecule has 1 aromatic carbocycles. The van der Waals surface area contributed by atoms with Crippen LogP contribution in [0.5, 0.6) is 0 Å². The molecule has 15 nitrogen and oxygen atoms in total. The minimum absolute atomic E-state index is 0.0680. The summed E-state index contributed by atoms with van der Waals surface area (Å²) in [7, 11) is 0. The fourth-order valence-corrected chi connectivity index (χ4v) is 11.1. The molecule has 0 aliphatic carbocycles. The molecule has 4 fully saturated rings. The highest BCUT2D eigenvalue weighted by molar-refractivity contribution is 7.99. The molecule has 350 valence electrons. The summed E-state index contributed by atoms with van der Waals surface area (Å²) in [6, 6.07) is 12.6. The Bertz CT molecular complexity index is 2220. The van der Waals surface area contributed by atoms with Crippen molar-refractivity contribution < 1.29 is 28.8 Å². The molecule has 2 aromatic heterocycles. The molecule has 5 aliphatic heterocycles. The number of aromatic nitrogens is 2. The summed E-state index contributed by atoms with van der Waals surface area (Å²) in [5.41, 5.74) is 2.26. The molecule has 0 bridgehead atoms. The highest BCUT2D eigenvalue weighted by atomic mass is 32.2. The first-order chi connectivity index (χ1) is 32.2. The van der Waals surface area contributed by atoms with Crippen molar-refractivity contribution in [3.8, 4) is 0 Å². The molecular formula is C50H63N9O6S. The van der Waals surface area contributed by atoms with Crippen LogP contribution in [0, 0.1) is 5.92 Å². The number of carbonyl (C=O) groups is 6. The molecule has 5 aliphatic rings. The van der Waals surface area contributed by atoms with Gasteiger partial charge in [0.25, 0.3) is 17.7 Å². The van der Waals surface area contributed by atoms with E-state index in [1.165, 1.54) is 0 Å². The number of pyridine rings is 2. The zero-order valence-electron chi connectivity index (χ0n) is 37.9. The number of thioether (sulfide) groups is 1. The molecule has 6 amide bonds. The van der Waals surface area contributed by atoms with Crippen molar-refractivity contribution in [2.24, 2.45) is 5.92 Å². The predicted octanol–water partition coefficient (Wildman–Crippen LogP) is 5.28.